The Balaban J connectivity index is 2.49. The maximum Gasteiger partial charge on any atom is 0.158 e. The zero-order valence-electron chi connectivity index (χ0n) is 6.25. The summed E-state index contributed by atoms with van der Waals surface area (Å²) in [6, 6.07) is 3.73. The van der Waals surface area contributed by atoms with Crippen molar-refractivity contribution in [2.24, 2.45) is 4.40 Å². The van der Waals surface area contributed by atoms with Crippen LogP contribution in [0.4, 0.5) is 8.78 Å². The molecule has 0 saturated heterocycles. The molecule has 68 valence electrons. The van der Waals surface area contributed by atoms with Gasteiger partial charge in [-0.3, -0.25) is 0 Å². The third-order valence-electron chi connectivity index (χ3n) is 1.50. The second-order valence-electron chi connectivity index (χ2n) is 2.30. The van der Waals surface area contributed by atoms with Gasteiger partial charge in [-0.1, -0.05) is 6.07 Å². The van der Waals surface area contributed by atoms with Crippen molar-refractivity contribution in [3.8, 4) is 0 Å². The van der Waals surface area contributed by atoms with Gasteiger partial charge in [0, 0.05) is 11.0 Å². The predicted molar refractivity (Wildman–Crippen MR) is 51.2 cm³/mol. The van der Waals surface area contributed by atoms with Gasteiger partial charge in [0.1, 0.15) is 11.6 Å². The summed E-state index contributed by atoms with van der Waals surface area (Å²) >= 11 is 0. The first-order chi connectivity index (χ1) is 6.29. The van der Waals surface area contributed by atoms with Crippen LogP contribution < -0.4 is 4.72 Å². The van der Waals surface area contributed by atoms with Gasteiger partial charge in [0.15, 0.2) is 5.84 Å². The van der Waals surface area contributed by atoms with Crippen LogP contribution in [0.3, 0.4) is 0 Å². The van der Waals surface area contributed by atoms with Crippen molar-refractivity contribution in [3.63, 3.8) is 0 Å². The summed E-state index contributed by atoms with van der Waals surface area (Å²) in [4.78, 5) is 0. The fourth-order valence-corrected chi connectivity index (χ4v) is 2.21. The molecule has 13 heavy (non-hydrogen) atoms. The summed E-state index contributed by atoms with van der Waals surface area (Å²) in [7, 11) is 2.38. The van der Waals surface area contributed by atoms with E-state index in [2.05, 4.69) is 9.12 Å². The minimum Gasteiger partial charge on any atom is -0.303 e. The summed E-state index contributed by atoms with van der Waals surface area (Å²) in [6.45, 7) is 0. The highest BCUT2D eigenvalue weighted by Crippen LogP contribution is 2.28. The number of nitrogens with zero attached hydrogens (tertiary/aromatic N) is 1. The molecule has 1 heterocycles. The molecule has 1 aromatic rings. The molecule has 2 rings (SSSR count). The van der Waals surface area contributed by atoms with Crippen LogP contribution >= 0.6 is 22.0 Å². The normalized spacial score (nSPS) is 15.4. The molecular formula is C7H4F2N2S2. The van der Waals surface area contributed by atoms with E-state index in [0.29, 0.717) is 0 Å². The number of nitrogens with one attached hydrogen (secondary N) is 1. The lowest BCUT2D eigenvalue weighted by atomic mass is 10.2. The van der Waals surface area contributed by atoms with Crippen LogP contribution in [0.1, 0.15) is 5.56 Å². The summed E-state index contributed by atoms with van der Waals surface area (Å²) < 4.78 is 32.8. The van der Waals surface area contributed by atoms with Crippen molar-refractivity contribution >= 4 is 27.8 Å². The number of halogens is 2. The molecule has 1 N–H and O–H groups in total. The van der Waals surface area contributed by atoms with E-state index in [4.69, 9.17) is 0 Å². The predicted octanol–water partition coefficient (Wildman–Crippen LogP) is 2.53. The minimum atomic E-state index is -0.602. The average Bonchev–Trinajstić information content (AvgIpc) is 2.57. The van der Waals surface area contributed by atoms with E-state index in [9.17, 15) is 8.78 Å². The lowest BCUT2D eigenvalue weighted by Gasteiger charge is -2.02. The van der Waals surface area contributed by atoms with Gasteiger partial charge < -0.3 is 4.72 Å². The van der Waals surface area contributed by atoms with Gasteiger partial charge in [-0.15, -0.1) is 0 Å². The molecule has 0 saturated carbocycles. The molecule has 0 spiro atoms. The summed E-state index contributed by atoms with van der Waals surface area (Å²) in [6.07, 6.45) is 0. The van der Waals surface area contributed by atoms with Gasteiger partial charge in [0.25, 0.3) is 0 Å². The molecule has 0 aliphatic carbocycles. The van der Waals surface area contributed by atoms with Gasteiger partial charge >= 0.3 is 0 Å². The topological polar surface area (TPSA) is 24.4 Å². The van der Waals surface area contributed by atoms with E-state index in [-0.39, 0.29) is 11.4 Å². The molecule has 0 atom stereocenters. The maximum absolute atomic E-state index is 13.1. The summed E-state index contributed by atoms with van der Waals surface area (Å²) in [5.41, 5.74) is -0.0972. The van der Waals surface area contributed by atoms with Crippen molar-refractivity contribution in [1.29, 1.82) is 0 Å². The Kier molecular flexibility index (Phi) is 2.41. The van der Waals surface area contributed by atoms with Gasteiger partial charge in [-0.2, -0.15) is 4.40 Å². The van der Waals surface area contributed by atoms with E-state index < -0.39 is 11.6 Å². The molecular weight excluding hydrogens is 214 g/mol. The van der Waals surface area contributed by atoms with Crippen molar-refractivity contribution in [2.75, 3.05) is 0 Å². The highest BCUT2D eigenvalue weighted by atomic mass is 33.1. The fourth-order valence-electron chi connectivity index (χ4n) is 0.953. The molecule has 0 aromatic heterocycles. The molecule has 1 aromatic carbocycles. The quantitative estimate of drug-likeness (QED) is 0.579. The standard InChI is InChI=1S/C7H4F2N2S2/c8-4-2-1-3-5(9)6(4)7-10-12-13-11-7/h1-3H,(H,10,11). The van der Waals surface area contributed by atoms with E-state index in [1.165, 1.54) is 29.2 Å². The molecule has 0 unspecified atom stereocenters. The monoisotopic (exact) mass is 218 g/mol. The van der Waals surface area contributed by atoms with E-state index in [1.807, 2.05) is 0 Å². The highest BCUT2D eigenvalue weighted by Gasteiger charge is 2.18. The van der Waals surface area contributed by atoms with Crippen molar-refractivity contribution in [3.05, 3.63) is 35.4 Å². The molecule has 6 heteroatoms. The summed E-state index contributed by atoms with van der Waals surface area (Å²) in [5, 5.41) is 0. The second kappa shape index (κ2) is 3.55. The summed E-state index contributed by atoms with van der Waals surface area (Å²) in [5.74, 6) is -0.964. The van der Waals surface area contributed by atoms with Gasteiger partial charge in [-0.25, -0.2) is 8.78 Å². The zero-order chi connectivity index (χ0) is 9.26. The number of amidine groups is 1. The van der Waals surface area contributed by atoms with Gasteiger partial charge in [-0.05, 0) is 12.1 Å². The lowest BCUT2D eigenvalue weighted by molar-refractivity contribution is 0.578. The molecule has 2 nitrogen and oxygen atoms in total. The van der Waals surface area contributed by atoms with Crippen LogP contribution in [0.15, 0.2) is 22.6 Å². The third kappa shape index (κ3) is 1.64. The smallest absolute Gasteiger partial charge is 0.158 e. The maximum atomic E-state index is 13.1. The first-order valence-electron chi connectivity index (χ1n) is 3.40. The van der Waals surface area contributed by atoms with Crippen molar-refractivity contribution in [1.82, 2.24) is 4.72 Å². The molecule has 1 aliphatic heterocycles. The number of rotatable bonds is 1. The Hall–Kier alpha value is -0.750. The molecule has 0 bridgehead atoms. The Morgan fingerprint density at radius 1 is 1.23 bits per heavy atom. The Labute approximate surface area is 81.5 Å². The second-order valence-corrected chi connectivity index (χ2v) is 3.95. The molecule has 1 aliphatic rings. The fraction of sp³-hybridized carbons (Fsp3) is 0. The van der Waals surface area contributed by atoms with Gasteiger partial charge in [0.05, 0.1) is 16.5 Å². The molecule has 0 amide bonds. The van der Waals surface area contributed by atoms with Crippen LogP contribution in [0.5, 0.6) is 0 Å². The number of hydrogen-bond acceptors (Lipinski definition) is 4. The first-order valence-corrected chi connectivity index (χ1v) is 5.51. The highest BCUT2D eigenvalue weighted by molar-refractivity contribution is 8.76. The van der Waals surface area contributed by atoms with Crippen LogP contribution in [0, 0.1) is 11.6 Å². The van der Waals surface area contributed by atoms with E-state index in [0.717, 1.165) is 11.0 Å². The van der Waals surface area contributed by atoms with Crippen LogP contribution in [-0.2, 0) is 0 Å². The van der Waals surface area contributed by atoms with Crippen molar-refractivity contribution < 1.29 is 8.78 Å². The third-order valence-corrected chi connectivity index (χ3v) is 2.81. The Bertz CT molecular complexity index is 347. The Morgan fingerprint density at radius 3 is 2.46 bits per heavy atom. The SMILES string of the molecule is Fc1cccc(F)c1C1=NSSN1. The minimum absolute atomic E-state index is 0.0972. The number of benzene rings is 1. The molecule has 0 radical (unpaired) electrons. The average molecular weight is 218 g/mol. The van der Waals surface area contributed by atoms with Crippen LogP contribution in [0.25, 0.3) is 0 Å². The van der Waals surface area contributed by atoms with Gasteiger partial charge in [0.2, 0.25) is 0 Å². The van der Waals surface area contributed by atoms with Crippen LogP contribution in [0.2, 0.25) is 0 Å². The lowest BCUT2D eigenvalue weighted by Crippen LogP contribution is -2.16. The largest absolute Gasteiger partial charge is 0.303 e. The van der Waals surface area contributed by atoms with Crippen LogP contribution in [-0.4, -0.2) is 5.84 Å². The van der Waals surface area contributed by atoms with E-state index >= 15 is 0 Å². The Morgan fingerprint density at radius 2 is 1.92 bits per heavy atom. The first kappa shape index (κ1) is 8.83. The van der Waals surface area contributed by atoms with Crippen molar-refractivity contribution in [2.45, 2.75) is 0 Å². The van der Waals surface area contributed by atoms with E-state index in [1.54, 1.807) is 0 Å². The number of hydrogen-bond donors (Lipinski definition) is 1. The zero-order valence-corrected chi connectivity index (χ0v) is 7.88. The molecule has 0 fully saturated rings.